The minimum atomic E-state index is -0.0990. The van der Waals surface area contributed by atoms with Gasteiger partial charge in [0.05, 0.1) is 17.0 Å². The van der Waals surface area contributed by atoms with Gasteiger partial charge in [-0.3, -0.25) is 4.98 Å². The van der Waals surface area contributed by atoms with Crippen LogP contribution in [0.15, 0.2) is 11.7 Å². The smallest absolute Gasteiger partial charge is 0.0794 e. The van der Waals surface area contributed by atoms with E-state index in [9.17, 15) is 5.26 Å². The van der Waals surface area contributed by atoms with Gasteiger partial charge in [0.25, 0.3) is 0 Å². The lowest BCUT2D eigenvalue weighted by molar-refractivity contribution is 0.206. The summed E-state index contributed by atoms with van der Waals surface area (Å²) in [5.74, 6) is 0.850. The molecule has 0 atom stereocenters. The summed E-state index contributed by atoms with van der Waals surface area (Å²) < 4.78 is 0. The summed E-state index contributed by atoms with van der Waals surface area (Å²) >= 11 is 1.67. The van der Waals surface area contributed by atoms with Gasteiger partial charge < -0.3 is 0 Å². The van der Waals surface area contributed by atoms with E-state index in [-0.39, 0.29) is 5.41 Å². The average molecular weight is 234 g/mol. The first-order valence-corrected chi connectivity index (χ1v) is 6.94. The number of nitriles is 1. The van der Waals surface area contributed by atoms with Crippen molar-refractivity contribution in [2.45, 2.75) is 45.4 Å². The molecule has 1 aliphatic carbocycles. The molecule has 0 aliphatic heterocycles. The summed E-state index contributed by atoms with van der Waals surface area (Å²) in [5.41, 5.74) is 1.76. The summed E-state index contributed by atoms with van der Waals surface area (Å²) in [6.45, 7) is 2.26. The Kier molecular flexibility index (Phi) is 3.60. The Balaban J connectivity index is 2.02. The first-order valence-electron chi connectivity index (χ1n) is 6.06. The number of thiazole rings is 1. The van der Waals surface area contributed by atoms with E-state index in [1.165, 1.54) is 24.1 Å². The summed E-state index contributed by atoms with van der Waals surface area (Å²) in [6, 6.07) is 2.58. The van der Waals surface area contributed by atoms with Gasteiger partial charge in [-0.25, -0.2) is 0 Å². The maximum Gasteiger partial charge on any atom is 0.0794 e. The van der Waals surface area contributed by atoms with Crippen LogP contribution in [0.2, 0.25) is 0 Å². The third-order valence-corrected chi connectivity index (χ3v) is 4.65. The average Bonchev–Trinajstić information content (AvgIpc) is 2.83. The summed E-state index contributed by atoms with van der Waals surface area (Å²) in [4.78, 5) is 5.35. The van der Waals surface area contributed by atoms with Crippen molar-refractivity contribution in [1.29, 1.82) is 5.26 Å². The van der Waals surface area contributed by atoms with Crippen molar-refractivity contribution in [3.05, 3.63) is 16.6 Å². The van der Waals surface area contributed by atoms with Crippen molar-refractivity contribution < 1.29 is 0 Å². The molecule has 16 heavy (non-hydrogen) atoms. The zero-order valence-corrected chi connectivity index (χ0v) is 10.6. The lowest BCUT2D eigenvalue weighted by Gasteiger charge is -2.34. The zero-order chi connectivity index (χ0) is 11.4. The number of aromatic nitrogens is 1. The number of hydrogen-bond acceptors (Lipinski definition) is 3. The van der Waals surface area contributed by atoms with Gasteiger partial charge in [-0.15, -0.1) is 11.3 Å². The molecule has 2 nitrogen and oxygen atoms in total. The molecule has 1 heterocycles. The van der Waals surface area contributed by atoms with Crippen molar-refractivity contribution in [3.63, 3.8) is 0 Å². The highest BCUT2D eigenvalue weighted by molar-refractivity contribution is 7.09. The Hall–Kier alpha value is -0.880. The van der Waals surface area contributed by atoms with Gasteiger partial charge in [0.1, 0.15) is 0 Å². The summed E-state index contributed by atoms with van der Waals surface area (Å²) in [5, 5.41) is 9.43. The molecule has 86 valence electrons. The second-order valence-corrected chi connectivity index (χ2v) is 5.86. The lowest BCUT2D eigenvalue weighted by atomic mass is 9.69. The van der Waals surface area contributed by atoms with Gasteiger partial charge in [-0.05, 0) is 31.6 Å². The first-order chi connectivity index (χ1) is 7.78. The van der Waals surface area contributed by atoms with E-state index in [1.807, 2.05) is 11.7 Å². The molecule has 0 amide bonds. The van der Waals surface area contributed by atoms with Crippen LogP contribution in [0.1, 0.15) is 43.9 Å². The quantitative estimate of drug-likeness (QED) is 0.797. The molecule has 1 aliphatic rings. The summed E-state index contributed by atoms with van der Waals surface area (Å²) in [6.07, 6.45) is 8.67. The van der Waals surface area contributed by atoms with Gasteiger partial charge >= 0.3 is 0 Å². The van der Waals surface area contributed by atoms with E-state index in [0.717, 1.165) is 25.2 Å². The maximum atomic E-state index is 9.43. The van der Waals surface area contributed by atoms with Crippen molar-refractivity contribution >= 4 is 11.3 Å². The third kappa shape index (κ3) is 2.44. The third-order valence-electron chi connectivity index (χ3n) is 3.87. The van der Waals surface area contributed by atoms with Crippen LogP contribution >= 0.6 is 11.3 Å². The highest BCUT2D eigenvalue weighted by Crippen LogP contribution is 2.42. The number of hydrogen-bond donors (Lipinski definition) is 0. The highest BCUT2D eigenvalue weighted by Gasteiger charge is 2.35. The molecule has 3 heteroatoms. The van der Waals surface area contributed by atoms with Crippen LogP contribution in [-0.4, -0.2) is 4.98 Å². The highest BCUT2D eigenvalue weighted by atomic mass is 32.1. The van der Waals surface area contributed by atoms with Crippen LogP contribution in [0.3, 0.4) is 0 Å². The molecule has 1 aromatic heterocycles. The molecule has 0 N–H and O–H groups in total. The Morgan fingerprint density at radius 2 is 2.31 bits per heavy atom. The fourth-order valence-corrected chi connectivity index (χ4v) is 3.37. The molecule has 0 spiro atoms. The Morgan fingerprint density at radius 3 is 2.81 bits per heavy atom. The van der Waals surface area contributed by atoms with Gasteiger partial charge in [-0.1, -0.05) is 13.3 Å². The monoisotopic (exact) mass is 234 g/mol. The van der Waals surface area contributed by atoms with E-state index >= 15 is 0 Å². The fourth-order valence-electron chi connectivity index (χ4n) is 2.63. The van der Waals surface area contributed by atoms with Crippen LogP contribution < -0.4 is 0 Å². The molecule has 0 aromatic carbocycles. The molecule has 0 bridgehead atoms. The van der Waals surface area contributed by atoms with Crippen LogP contribution in [-0.2, 0) is 6.42 Å². The number of rotatable bonds is 3. The van der Waals surface area contributed by atoms with Crippen LogP contribution in [0.5, 0.6) is 0 Å². The normalized spacial score (nSPS) is 29.9. The second kappa shape index (κ2) is 4.97. The molecular formula is C13H18N2S. The Labute approximate surface area is 101 Å². The molecule has 1 saturated carbocycles. The minimum absolute atomic E-state index is 0.0990. The minimum Gasteiger partial charge on any atom is -0.253 e. The van der Waals surface area contributed by atoms with Crippen LogP contribution in [0.25, 0.3) is 0 Å². The molecule has 0 unspecified atom stereocenters. The van der Waals surface area contributed by atoms with Crippen molar-refractivity contribution in [2.24, 2.45) is 11.3 Å². The second-order valence-electron chi connectivity index (χ2n) is 4.89. The van der Waals surface area contributed by atoms with Gasteiger partial charge in [0, 0.05) is 17.5 Å². The van der Waals surface area contributed by atoms with Gasteiger partial charge in [0.2, 0.25) is 0 Å². The van der Waals surface area contributed by atoms with E-state index in [0.29, 0.717) is 0 Å². The van der Waals surface area contributed by atoms with Crippen LogP contribution in [0, 0.1) is 22.7 Å². The molecule has 2 rings (SSSR count). The van der Waals surface area contributed by atoms with E-state index in [4.69, 9.17) is 0 Å². The zero-order valence-electron chi connectivity index (χ0n) is 9.78. The van der Waals surface area contributed by atoms with E-state index in [1.54, 1.807) is 11.3 Å². The molecular weight excluding hydrogens is 216 g/mol. The van der Waals surface area contributed by atoms with E-state index in [2.05, 4.69) is 18.0 Å². The SMILES string of the molecule is CCC1CCC(C#N)(Cc2cncs2)CC1. The molecule has 0 radical (unpaired) electrons. The van der Waals surface area contributed by atoms with Gasteiger partial charge in [-0.2, -0.15) is 5.26 Å². The van der Waals surface area contributed by atoms with E-state index < -0.39 is 0 Å². The van der Waals surface area contributed by atoms with Crippen molar-refractivity contribution in [1.82, 2.24) is 4.98 Å². The summed E-state index contributed by atoms with van der Waals surface area (Å²) in [7, 11) is 0. The topological polar surface area (TPSA) is 36.7 Å². The van der Waals surface area contributed by atoms with Gasteiger partial charge in [0.15, 0.2) is 0 Å². The van der Waals surface area contributed by atoms with Crippen LogP contribution in [0.4, 0.5) is 0 Å². The Morgan fingerprint density at radius 1 is 1.56 bits per heavy atom. The number of nitrogens with zero attached hydrogens (tertiary/aromatic N) is 2. The lowest BCUT2D eigenvalue weighted by Crippen LogP contribution is -2.27. The van der Waals surface area contributed by atoms with Crippen molar-refractivity contribution in [3.8, 4) is 6.07 Å². The Bertz CT molecular complexity index is 356. The fraction of sp³-hybridized carbons (Fsp3) is 0.692. The standard InChI is InChI=1S/C13H18N2S/c1-2-11-3-5-13(9-14,6-4-11)7-12-8-15-10-16-12/h8,10-11H,2-7H2,1H3. The predicted molar refractivity (Wildman–Crippen MR) is 66.1 cm³/mol. The van der Waals surface area contributed by atoms with Crippen molar-refractivity contribution in [2.75, 3.05) is 0 Å². The molecule has 0 saturated heterocycles. The largest absolute Gasteiger partial charge is 0.253 e. The predicted octanol–water partition coefficient (Wildman–Crippen LogP) is 3.80. The maximum absolute atomic E-state index is 9.43. The molecule has 1 aromatic rings. The molecule has 1 fully saturated rings. The first kappa shape index (κ1) is 11.6.